The van der Waals surface area contributed by atoms with Gasteiger partial charge in [0, 0.05) is 5.92 Å². The SMILES string of the molecule is CC1CCC(C(C)C)C(O)(C2CCCC2O)C1. The van der Waals surface area contributed by atoms with Crippen molar-refractivity contribution in [2.45, 2.75) is 71.0 Å². The van der Waals surface area contributed by atoms with Crippen LogP contribution in [-0.4, -0.2) is 21.9 Å². The first-order valence-corrected chi connectivity index (χ1v) is 7.35. The molecule has 2 nitrogen and oxygen atoms in total. The molecule has 5 unspecified atom stereocenters. The van der Waals surface area contributed by atoms with Crippen LogP contribution in [0.15, 0.2) is 0 Å². The van der Waals surface area contributed by atoms with Crippen molar-refractivity contribution in [3.8, 4) is 0 Å². The Bertz CT molecular complexity index is 260. The van der Waals surface area contributed by atoms with Gasteiger partial charge in [0.1, 0.15) is 0 Å². The van der Waals surface area contributed by atoms with Crippen LogP contribution in [0.25, 0.3) is 0 Å². The lowest BCUT2D eigenvalue weighted by Crippen LogP contribution is -2.53. The van der Waals surface area contributed by atoms with Crippen LogP contribution in [0.5, 0.6) is 0 Å². The summed E-state index contributed by atoms with van der Waals surface area (Å²) >= 11 is 0. The van der Waals surface area contributed by atoms with Crippen LogP contribution in [-0.2, 0) is 0 Å². The predicted molar refractivity (Wildman–Crippen MR) is 69.6 cm³/mol. The second-order valence-electron chi connectivity index (χ2n) is 6.83. The fourth-order valence-corrected chi connectivity index (χ4v) is 4.39. The Morgan fingerprint density at radius 1 is 1.12 bits per heavy atom. The average molecular weight is 240 g/mol. The van der Waals surface area contributed by atoms with Gasteiger partial charge < -0.3 is 10.2 Å². The average Bonchev–Trinajstić information content (AvgIpc) is 2.64. The molecule has 0 radical (unpaired) electrons. The van der Waals surface area contributed by atoms with Crippen molar-refractivity contribution >= 4 is 0 Å². The number of hydrogen-bond donors (Lipinski definition) is 2. The molecule has 2 aliphatic carbocycles. The van der Waals surface area contributed by atoms with Gasteiger partial charge in [-0.05, 0) is 43.4 Å². The molecule has 0 saturated heterocycles. The Hall–Kier alpha value is -0.0800. The third-order valence-electron chi connectivity index (χ3n) is 5.21. The minimum atomic E-state index is -0.609. The summed E-state index contributed by atoms with van der Waals surface area (Å²) in [4.78, 5) is 0. The molecule has 5 atom stereocenters. The van der Waals surface area contributed by atoms with Crippen LogP contribution in [0.4, 0.5) is 0 Å². The molecule has 0 aliphatic heterocycles. The molecule has 0 aromatic heterocycles. The second-order valence-corrected chi connectivity index (χ2v) is 6.83. The first-order chi connectivity index (χ1) is 7.95. The third kappa shape index (κ3) is 2.39. The Balaban J connectivity index is 2.22. The standard InChI is InChI=1S/C15H28O2/c1-10(2)12-8-7-11(3)9-15(12,17)13-5-4-6-14(13)16/h10-14,16-17H,4-9H2,1-3H3. The van der Waals surface area contributed by atoms with Crippen LogP contribution in [0.2, 0.25) is 0 Å². The normalized spacial score (nSPS) is 47.6. The summed E-state index contributed by atoms with van der Waals surface area (Å²) < 4.78 is 0. The fraction of sp³-hybridized carbons (Fsp3) is 1.00. The monoisotopic (exact) mass is 240 g/mol. The van der Waals surface area contributed by atoms with Crippen LogP contribution in [0.1, 0.15) is 59.3 Å². The van der Waals surface area contributed by atoms with Gasteiger partial charge in [0.15, 0.2) is 0 Å². The second kappa shape index (κ2) is 4.89. The third-order valence-corrected chi connectivity index (χ3v) is 5.21. The molecular formula is C15H28O2. The number of aliphatic hydroxyl groups is 2. The summed E-state index contributed by atoms with van der Waals surface area (Å²) in [6.45, 7) is 6.67. The van der Waals surface area contributed by atoms with E-state index in [0.29, 0.717) is 17.8 Å². The lowest BCUT2D eigenvalue weighted by Gasteiger charge is -2.49. The van der Waals surface area contributed by atoms with E-state index in [4.69, 9.17) is 0 Å². The molecule has 2 aliphatic rings. The molecular weight excluding hydrogens is 212 g/mol. The Morgan fingerprint density at radius 2 is 1.82 bits per heavy atom. The van der Waals surface area contributed by atoms with Crippen LogP contribution >= 0.6 is 0 Å². The van der Waals surface area contributed by atoms with Gasteiger partial charge in [-0.3, -0.25) is 0 Å². The van der Waals surface area contributed by atoms with Gasteiger partial charge in [-0.2, -0.15) is 0 Å². The van der Waals surface area contributed by atoms with Gasteiger partial charge in [-0.15, -0.1) is 0 Å². The van der Waals surface area contributed by atoms with Crippen LogP contribution in [0, 0.1) is 23.7 Å². The molecule has 17 heavy (non-hydrogen) atoms. The van der Waals surface area contributed by atoms with Gasteiger partial charge in [-0.1, -0.05) is 33.6 Å². The van der Waals surface area contributed by atoms with Gasteiger partial charge in [-0.25, -0.2) is 0 Å². The maximum atomic E-state index is 11.2. The van der Waals surface area contributed by atoms with E-state index >= 15 is 0 Å². The highest BCUT2D eigenvalue weighted by Crippen LogP contribution is 2.49. The molecule has 2 N–H and O–H groups in total. The zero-order chi connectivity index (χ0) is 12.6. The van der Waals surface area contributed by atoms with Crippen molar-refractivity contribution < 1.29 is 10.2 Å². The van der Waals surface area contributed by atoms with E-state index < -0.39 is 5.60 Å². The van der Waals surface area contributed by atoms with Gasteiger partial charge in [0.05, 0.1) is 11.7 Å². The topological polar surface area (TPSA) is 40.5 Å². The smallest absolute Gasteiger partial charge is 0.0733 e. The molecule has 0 amide bonds. The lowest BCUT2D eigenvalue weighted by atomic mass is 9.61. The summed E-state index contributed by atoms with van der Waals surface area (Å²) in [7, 11) is 0. The highest BCUT2D eigenvalue weighted by molar-refractivity contribution is 5.01. The quantitative estimate of drug-likeness (QED) is 0.779. The van der Waals surface area contributed by atoms with E-state index in [9.17, 15) is 10.2 Å². The van der Waals surface area contributed by atoms with Crippen molar-refractivity contribution in [2.75, 3.05) is 0 Å². The molecule has 2 fully saturated rings. The van der Waals surface area contributed by atoms with E-state index in [1.165, 1.54) is 6.42 Å². The molecule has 2 saturated carbocycles. The van der Waals surface area contributed by atoms with E-state index in [-0.39, 0.29) is 12.0 Å². The summed E-state index contributed by atoms with van der Waals surface area (Å²) in [5.41, 5.74) is -0.609. The number of hydrogen-bond acceptors (Lipinski definition) is 2. The minimum absolute atomic E-state index is 0.123. The molecule has 2 heteroatoms. The zero-order valence-electron chi connectivity index (χ0n) is 11.5. The molecule has 100 valence electrons. The molecule has 0 aromatic carbocycles. The van der Waals surface area contributed by atoms with E-state index in [1.54, 1.807) is 0 Å². The van der Waals surface area contributed by atoms with Crippen molar-refractivity contribution in [3.05, 3.63) is 0 Å². The largest absolute Gasteiger partial charge is 0.393 e. The summed E-state index contributed by atoms with van der Waals surface area (Å²) in [6, 6.07) is 0. The summed E-state index contributed by atoms with van der Waals surface area (Å²) in [6.07, 6.45) is 5.93. The maximum absolute atomic E-state index is 11.2. The Kier molecular flexibility index (Phi) is 3.84. The molecule has 0 aromatic rings. The Morgan fingerprint density at radius 3 is 2.35 bits per heavy atom. The van der Waals surface area contributed by atoms with Crippen molar-refractivity contribution in [3.63, 3.8) is 0 Å². The summed E-state index contributed by atoms with van der Waals surface area (Å²) in [5.74, 6) is 1.61. The van der Waals surface area contributed by atoms with Crippen molar-refractivity contribution in [2.24, 2.45) is 23.7 Å². The first kappa shape index (κ1) is 13.4. The van der Waals surface area contributed by atoms with Gasteiger partial charge >= 0.3 is 0 Å². The van der Waals surface area contributed by atoms with Crippen molar-refractivity contribution in [1.29, 1.82) is 0 Å². The number of rotatable bonds is 2. The minimum Gasteiger partial charge on any atom is -0.393 e. The van der Waals surface area contributed by atoms with E-state index in [1.807, 2.05) is 0 Å². The van der Waals surface area contributed by atoms with Crippen LogP contribution in [0.3, 0.4) is 0 Å². The van der Waals surface area contributed by atoms with Crippen molar-refractivity contribution in [1.82, 2.24) is 0 Å². The highest BCUT2D eigenvalue weighted by Gasteiger charge is 2.51. The highest BCUT2D eigenvalue weighted by atomic mass is 16.3. The van der Waals surface area contributed by atoms with E-state index in [0.717, 1.165) is 32.1 Å². The maximum Gasteiger partial charge on any atom is 0.0733 e. The molecule has 0 bridgehead atoms. The predicted octanol–water partition coefficient (Wildman–Crippen LogP) is 2.97. The summed E-state index contributed by atoms with van der Waals surface area (Å²) in [5, 5.41) is 21.3. The first-order valence-electron chi connectivity index (χ1n) is 7.35. The van der Waals surface area contributed by atoms with Gasteiger partial charge in [0.25, 0.3) is 0 Å². The molecule has 0 spiro atoms. The van der Waals surface area contributed by atoms with Gasteiger partial charge in [0.2, 0.25) is 0 Å². The van der Waals surface area contributed by atoms with E-state index in [2.05, 4.69) is 20.8 Å². The number of aliphatic hydroxyl groups excluding tert-OH is 1. The fourth-order valence-electron chi connectivity index (χ4n) is 4.39. The Labute approximate surface area is 105 Å². The molecule has 0 heterocycles. The molecule has 2 rings (SSSR count). The lowest BCUT2D eigenvalue weighted by molar-refractivity contribution is -0.142. The van der Waals surface area contributed by atoms with Crippen LogP contribution < -0.4 is 0 Å². The zero-order valence-corrected chi connectivity index (χ0v) is 11.5.